The summed E-state index contributed by atoms with van der Waals surface area (Å²) in [5, 5.41) is 11.3. The fourth-order valence-electron chi connectivity index (χ4n) is 3.24. The van der Waals surface area contributed by atoms with Gasteiger partial charge in [0.25, 0.3) is 0 Å². The molecule has 0 bridgehead atoms. The summed E-state index contributed by atoms with van der Waals surface area (Å²) >= 11 is 0. The average molecular weight is 287 g/mol. The first kappa shape index (κ1) is 13.8. The van der Waals surface area contributed by atoms with E-state index in [9.17, 15) is 14.9 Å². The molecule has 0 unspecified atom stereocenters. The van der Waals surface area contributed by atoms with Crippen LogP contribution in [0.5, 0.6) is 0 Å². The smallest absolute Gasteiger partial charge is 0.364 e. The van der Waals surface area contributed by atoms with Crippen molar-refractivity contribution < 1.29 is 14.5 Å². The molecule has 3 rings (SSSR count). The van der Waals surface area contributed by atoms with Gasteiger partial charge in [0.15, 0.2) is 5.78 Å². The Labute approximate surface area is 122 Å². The summed E-state index contributed by atoms with van der Waals surface area (Å²) in [6.45, 7) is 3.96. The molecule has 21 heavy (non-hydrogen) atoms. The van der Waals surface area contributed by atoms with Crippen LogP contribution in [0, 0.1) is 15.5 Å². The maximum absolute atomic E-state index is 12.5. The largest absolute Gasteiger partial charge is 0.433 e. The molecule has 0 amide bonds. The predicted octanol–water partition coefficient (Wildman–Crippen LogP) is 3.05. The number of ether oxygens (including phenoxy) is 1. The summed E-state index contributed by atoms with van der Waals surface area (Å²) in [7, 11) is 0. The van der Waals surface area contributed by atoms with Gasteiger partial charge in [0.2, 0.25) is 0 Å². The van der Waals surface area contributed by atoms with Crippen LogP contribution in [-0.4, -0.2) is 16.9 Å². The van der Waals surface area contributed by atoms with E-state index in [0.29, 0.717) is 24.2 Å². The van der Waals surface area contributed by atoms with Gasteiger partial charge in [0.1, 0.15) is 11.7 Å². The van der Waals surface area contributed by atoms with Crippen molar-refractivity contribution in [2.75, 3.05) is 0 Å². The number of Topliss-reactive ketones (excluding diaryl/α,β-unsaturated/α-hetero) is 1. The maximum Gasteiger partial charge on any atom is 0.364 e. The number of benzene rings is 1. The van der Waals surface area contributed by atoms with Crippen LogP contribution in [0.3, 0.4) is 0 Å². The van der Waals surface area contributed by atoms with E-state index in [1.54, 1.807) is 0 Å². The lowest BCUT2D eigenvalue weighted by molar-refractivity contribution is -0.570. The summed E-state index contributed by atoms with van der Waals surface area (Å²) in [5.74, 6) is -0.119. The van der Waals surface area contributed by atoms with Crippen molar-refractivity contribution in [3.05, 3.63) is 57.3 Å². The van der Waals surface area contributed by atoms with E-state index >= 15 is 0 Å². The number of nitro groups is 1. The molecular formula is C16H17NO4. The highest BCUT2D eigenvalue weighted by atomic mass is 16.7. The quantitative estimate of drug-likeness (QED) is 0.619. The Bertz CT molecular complexity index is 633. The van der Waals surface area contributed by atoms with Gasteiger partial charge in [-0.2, -0.15) is 0 Å². The van der Waals surface area contributed by atoms with Crippen LogP contribution in [0.2, 0.25) is 0 Å². The van der Waals surface area contributed by atoms with Gasteiger partial charge >= 0.3 is 6.23 Å². The molecule has 1 aromatic carbocycles. The van der Waals surface area contributed by atoms with Gasteiger partial charge in [-0.25, -0.2) is 0 Å². The predicted molar refractivity (Wildman–Crippen MR) is 76.1 cm³/mol. The SMILES string of the molecule is CC1(C)CC(=O)C2=C(C1)O[C@@H]([N+](=O)[O-])[C@@H]2c1ccccc1. The molecule has 110 valence electrons. The van der Waals surface area contributed by atoms with Crippen molar-refractivity contribution in [2.24, 2.45) is 5.41 Å². The third-order valence-electron chi connectivity index (χ3n) is 4.10. The summed E-state index contributed by atoms with van der Waals surface area (Å²) in [5.41, 5.74) is 1.06. The highest BCUT2D eigenvalue weighted by Crippen LogP contribution is 2.48. The van der Waals surface area contributed by atoms with E-state index in [-0.39, 0.29) is 11.2 Å². The lowest BCUT2D eigenvalue weighted by Crippen LogP contribution is -2.28. The fourth-order valence-corrected chi connectivity index (χ4v) is 3.24. The molecule has 0 fully saturated rings. The van der Waals surface area contributed by atoms with Gasteiger partial charge in [-0.05, 0) is 11.0 Å². The Morgan fingerprint density at radius 2 is 1.90 bits per heavy atom. The van der Waals surface area contributed by atoms with Crippen LogP contribution in [0.4, 0.5) is 0 Å². The second-order valence-electron chi connectivity index (χ2n) is 6.46. The van der Waals surface area contributed by atoms with Gasteiger partial charge in [-0.3, -0.25) is 14.9 Å². The fraction of sp³-hybridized carbons (Fsp3) is 0.438. The molecule has 0 saturated heterocycles. The molecule has 2 aliphatic rings. The van der Waals surface area contributed by atoms with E-state index in [1.165, 1.54) is 0 Å². The molecule has 1 aliphatic heterocycles. The molecule has 2 atom stereocenters. The lowest BCUT2D eigenvalue weighted by atomic mass is 9.73. The van der Waals surface area contributed by atoms with Gasteiger partial charge in [0, 0.05) is 12.8 Å². The van der Waals surface area contributed by atoms with Crippen LogP contribution < -0.4 is 0 Å². The number of carbonyl (C=O) groups is 1. The second-order valence-corrected chi connectivity index (χ2v) is 6.46. The average Bonchev–Trinajstić information content (AvgIpc) is 2.77. The Balaban J connectivity index is 2.08. The monoisotopic (exact) mass is 287 g/mol. The molecule has 0 saturated carbocycles. The van der Waals surface area contributed by atoms with Crippen LogP contribution in [0.25, 0.3) is 0 Å². The van der Waals surface area contributed by atoms with E-state index in [0.717, 1.165) is 5.56 Å². The van der Waals surface area contributed by atoms with Crippen molar-refractivity contribution >= 4 is 5.78 Å². The van der Waals surface area contributed by atoms with Gasteiger partial charge in [-0.1, -0.05) is 44.2 Å². The first-order chi connectivity index (χ1) is 9.89. The van der Waals surface area contributed by atoms with E-state index in [2.05, 4.69) is 0 Å². The van der Waals surface area contributed by atoms with Gasteiger partial charge in [0.05, 0.1) is 10.5 Å². The van der Waals surface area contributed by atoms with Crippen molar-refractivity contribution in [3.8, 4) is 0 Å². The molecule has 0 spiro atoms. The minimum Gasteiger partial charge on any atom is -0.433 e. The van der Waals surface area contributed by atoms with Crippen LogP contribution in [0.15, 0.2) is 41.7 Å². The number of hydrogen-bond donors (Lipinski definition) is 0. The van der Waals surface area contributed by atoms with Crippen LogP contribution >= 0.6 is 0 Å². The van der Waals surface area contributed by atoms with E-state index < -0.39 is 17.1 Å². The van der Waals surface area contributed by atoms with Gasteiger partial charge in [-0.15, -0.1) is 0 Å². The summed E-state index contributed by atoms with van der Waals surface area (Å²) in [6.07, 6.45) is -0.222. The lowest BCUT2D eigenvalue weighted by Gasteiger charge is -2.28. The van der Waals surface area contributed by atoms with Crippen LogP contribution in [-0.2, 0) is 9.53 Å². The molecule has 0 N–H and O–H groups in total. The number of rotatable bonds is 2. The number of hydrogen-bond acceptors (Lipinski definition) is 4. The molecule has 0 aromatic heterocycles. The van der Waals surface area contributed by atoms with Crippen molar-refractivity contribution in [3.63, 3.8) is 0 Å². The third-order valence-corrected chi connectivity index (χ3v) is 4.10. The number of carbonyl (C=O) groups excluding carboxylic acids is 1. The highest BCUT2D eigenvalue weighted by Gasteiger charge is 2.51. The minimum atomic E-state index is -1.20. The first-order valence-corrected chi connectivity index (χ1v) is 7.00. The summed E-state index contributed by atoms with van der Waals surface area (Å²) in [6, 6.07) is 9.12. The minimum absolute atomic E-state index is 0.0283. The Morgan fingerprint density at radius 1 is 1.24 bits per heavy atom. The van der Waals surface area contributed by atoms with E-state index in [1.807, 2.05) is 44.2 Å². The third kappa shape index (κ3) is 2.33. The Morgan fingerprint density at radius 3 is 2.52 bits per heavy atom. The number of allylic oxidation sites excluding steroid dienone is 1. The number of nitrogens with zero attached hydrogens (tertiary/aromatic N) is 1. The Hall–Kier alpha value is -2.17. The molecular weight excluding hydrogens is 270 g/mol. The van der Waals surface area contributed by atoms with Crippen molar-refractivity contribution in [2.45, 2.75) is 38.8 Å². The molecule has 0 radical (unpaired) electrons. The first-order valence-electron chi connectivity index (χ1n) is 7.00. The van der Waals surface area contributed by atoms with Crippen LogP contribution in [0.1, 0.15) is 38.2 Å². The molecule has 5 heteroatoms. The second kappa shape index (κ2) is 4.69. The van der Waals surface area contributed by atoms with E-state index in [4.69, 9.17) is 4.74 Å². The molecule has 1 heterocycles. The normalized spacial score (nSPS) is 27.2. The zero-order chi connectivity index (χ0) is 15.2. The van der Waals surface area contributed by atoms with Crippen molar-refractivity contribution in [1.82, 2.24) is 0 Å². The molecule has 1 aromatic rings. The summed E-state index contributed by atoms with van der Waals surface area (Å²) in [4.78, 5) is 23.4. The maximum atomic E-state index is 12.5. The zero-order valence-corrected chi connectivity index (χ0v) is 12.0. The zero-order valence-electron chi connectivity index (χ0n) is 12.0. The van der Waals surface area contributed by atoms with Crippen molar-refractivity contribution in [1.29, 1.82) is 0 Å². The molecule has 5 nitrogen and oxygen atoms in total. The summed E-state index contributed by atoms with van der Waals surface area (Å²) < 4.78 is 5.56. The topological polar surface area (TPSA) is 69.4 Å². The Kier molecular flexibility index (Phi) is 3.08. The highest BCUT2D eigenvalue weighted by molar-refractivity contribution is 5.99. The molecule has 1 aliphatic carbocycles. The number of ketones is 1. The standard InChI is InChI=1S/C16H17NO4/c1-16(2)8-11(18)14-12(9-16)21-15(17(19)20)13(14)10-6-4-3-5-7-10/h3-7,13,15H,8-9H2,1-2H3/t13-,15-/m1/s1. The van der Waals surface area contributed by atoms with Gasteiger partial charge < -0.3 is 4.74 Å².